The minimum absolute atomic E-state index is 0.0208. The molecule has 0 spiro atoms. The number of carbonyl (C=O) groups excluding carboxylic acids is 1. The zero-order valence-corrected chi connectivity index (χ0v) is 15.4. The predicted molar refractivity (Wildman–Crippen MR) is 98.8 cm³/mol. The minimum atomic E-state index is 0.0208. The Kier molecular flexibility index (Phi) is 4.55. The summed E-state index contributed by atoms with van der Waals surface area (Å²) in [6.07, 6.45) is 7.53. The number of imidazole rings is 1. The Balaban J connectivity index is 1.55. The maximum atomic E-state index is 12.5. The van der Waals surface area contributed by atoms with Crippen LogP contribution >= 0.6 is 11.6 Å². The van der Waals surface area contributed by atoms with Crippen LogP contribution in [-0.2, 0) is 37.1 Å². The van der Waals surface area contributed by atoms with Crippen LogP contribution in [0.5, 0.6) is 0 Å². The number of aromatic nitrogens is 2. The maximum absolute atomic E-state index is 12.5. The summed E-state index contributed by atoms with van der Waals surface area (Å²) in [6, 6.07) is 6.88. The van der Waals surface area contributed by atoms with Crippen LogP contribution in [0.4, 0.5) is 0 Å². The van der Waals surface area contributed by atoms with Crippen LogP contribution in [0.2, 0.25) is 0 Å². The third-order valence-electron chi connectivity index (χ3n) is 5.48. The molecule has 2 aromatic rings. The Bertz CT molecular complexity index is 798. The molecule has 0 radical (unpaired) electrons. The quantitative estimate of drug-likeness (QED) is 0.788. The van der Waals surface area contributed by atoms with Crippen molar-refractivity contribution in [2.75, 3.05) is 5.88 Å². The topological polar surface area (TPSA) is 38.1 Å². The molecule has 25 heavy (non-hydrogen) atoms. The molecule has 2 heterocycles. The van der Waals surface area contributed by atoms with E-state index in [-0.39, 0.29) is 17.8 Å². The van der Waals surface area contributed by atoms with E-state index in [4.69, 9.17) is 11.6 Å². The van der Waals surface area contributed by atoms with Gasteiger partial charge in [0.1, 0.15) is 11.7 Å². The van der Waals surface area contributed by atoms with E-state index in [1.807, 2.05) is 11.8 Å². The monoisotopic (exact) mass is 357 g/mol. The highest BCUT2D eigenvalue weighted by Gasteiger charge is 2.28. The molecule has 0 N–H and O–H groups in total. The van der Waals surface area contributed by atoms with Gasteiger partial charge in [0.2, 0.25) is 5.91 Å². The summed E-state index contributed by atoms with van der Waals surface area (Å²) in [6.45, 7) is 3.48. The lowest BCUT2D eigenvalue weighted by Crippen LogP contribution is -2.45. The first-order chi connectivity index (χ1) is 12.1. The van der Waals surface area contributed by atoms with E-state index in [1.54, 1.807) is 0 Å². The molecule has 1 aromatic heterocycles. The van der Waals surface area contributed by atoms with Gasteiger partial charge >= 0.3 is 0 Å². The van der Waals surface area contributed by atoms with Gasteiger partial charge in [-0.25, -0.2) is 4.98 Å². The van der Waals surface area contributed by atoms with Crippen molar-refractivity contribution in [1.29, 1.82) is 0 Å². The maximum Gasteiger partial charge on any atom is 0.238 e. The largest absolute Gasteiger partial charge is 0.333 e. The Morgan fingerprint density at radius 2 is 2.16 bits per heavy atom. The highest BCUT2D eigenvalue weighted by atomic mass is 35.5. The van der Waals surface area contributed by atoms with Crippen molar-refractivity contribution < 1.29 is 4.79 Å². The van der Waals surface area contributed by atoms with Crippen LogP contribution in [0.15, 0.2) is 24.4 Å². The summed E-state index contributed by atoms with van der Waals surface area (Å²) >= 11 is 5.92. The molecule has 0 bridgehead atoms. The third kappa shape index (κ3) is 3.32. The number of amides is 1. The van der Waals surface area contributed by atoms with Crippen LogP contribution in [0, 0.1) is 6.92 Å². The molecule has 0 fully saturated rings. The first kappa shape index (κ1) is 16.6. The van der Waals surface area contributed by atoms with Crippen molar-refractivity contribution in [3.05, 3.63) is 52.6 Å². The second kappa shape index (κ2) is 6.83. The predicted octanol–water partition coefficient (Wildman–Crippen LogP) is 3.26. The number of alkyl halides is 1. The standard InChI is InChI=1S/C20H24ClN3O/c1-14-11-23-13-18(7-8-19(23)22-14)24(20(25)10-21)12-15-5-6-16-3-2-4-17(16)9-15/h5-6,9,11,18H,2-4,7-8,10,12-13H2,1H3. The number of halogens is 1. The Labute approximate surface area is 153 Å². The van der Waals surface area contributed by atoms with Crippen LogP contribution in [-0.4, -0.2) is 32.3 Å². The molecular formula is C20H24ClN3O. The van der Waals surface area contributed by atoms with E-state index in [2.05, 4.69) is 33.9 Å². The minimum Gasteiger partial charge on any atom is -0.333 e. The highest BCUT2D eigenvalue weighted by molar-refractivity contribution is 6.27. The molecule has 1 amide bonds. The lowest BCUT2D eigenvalue weighted by Gasteiger charge is -2.35. The molecule has 1 aliphatic carbocycles. The number of carbonyl (C=O) groups is 1. The average Bonchev–Trinajstić information content (AvgIpc) is 3.22. The van der Waals surface area contributed by atoms with Gasteiger partial charge in [0, 0.05) is 25.7 Å². The molecule has 1 aliphatic heterocycles. The zero-order valence-electron chi connectivity index (χ0n) is 14.7. The van der Waals surface area contributed by atoms with E-state index in [0.29, 0.717) is 6.54 Å². The highest BCUT2D eigenvalue weighted by Crippen LogP contribution is 2.25. The van der Waals surface area contributed by atoms with Gasteiger partial charge in [0.15, 0.2) is 0 Å². The molecule has 1 aromatic carbocycles. The number of benzene rings is 1. The number of nitrogens with zero attached hydrogens (tertiary/aromatic N) is 3. The van der Waals surface area contributed by atoms with Gasteiger partial charge in [-0.15, -0.1) is 11.6 Å². The van der Waals surface area contributed by atoms with Crippen LogP contribution in [0.3, 0.4) is 0 Å². The van der Waals surface area contributed by atoms with Crippen molar-refractivity contribution in [1.82, 2.24) is 14.5 Å². The smallest absolute Gasteiger partial charge is 0.238 e. The number of fused-ring (bicyclic) bond motifs is 2. The van der Waals surface area contributed by atoms with Gasteiger partial charge in [-0.1, -0.05) is 18.2 Å². The second-order valence-electron chi connectivity index (χ2n) is 7.26. The lowest BCUT2D eigenvalue weighted by atomic mass is 10.0. The Morgan fingerprint density at radius 3 is 3.00 bits per heavy atom. The van der Waals surface area contributed by atoms with Gasteiger partial charge in [-0.3, -0.25) is 4.79 Å². The van der Waals surface area contributed by atoms with Crippen molar-refractivity contribution >= 4 is 17.5 Å². The molecule has 1 atom stereocenters. The van der Waals surface area contributed by atoms with Gasteiger partial charge in [0.25, 0.3) is 0 Å². The van der Waals surface area contributed by atoms with Gasteiger partial charge in [-0.05, 0) is 49.3 Å². The molecule has 0 saturated heterocycles. The summed E-state index contributed by atoms with van der Waals surface area (Å²) in [7, 11) is 0. The number of aryl methyl sites for hydroxylation is 4. The van der Waals surface area contributed by atoms with Crippen molar-refractivity contribution in [3.63, 3.8) is 0 Å². The SMILES string of the molecule is Cc1cn2c(n1)CCC(N(Cc1ccc3c(c1)CCC3)C(=O)CCl)C2. The van der Waals surface area contributed by atoms with Gasteiger partial charge in [0.05, 0.1) is 11.7 Å². The van der Waals surface area contributed by atoms with Crippen molar-refractivity contribution in [2.24, 2.45) is 0 Å². The van der Waals surface area contributed by atoms with Crippen LogP contribution in [0.1, 0.15) is 41.1 Å². The fourth-order valence-corrected chi connectivity index (χ4v) is 4.39. The fourth-order valence-electron chi connectivity index (χ4n) is 4.24. The van der Waals surface area contributed by atoms with Gasteiger partial charge < -0.3 is 9.47 Å². The lowest BCUT2D eigenvalue weighted by molar-refractivity contribution is -0.132. The first-order valence-corrected chi connectivity index (χ1v) is 9.66. The molecule has 4 rings (SSSR count). The molecule has 2 aliphatic rings. The summed E-state index contributed by atoms with van der Waals surface area (Å²) in [5.74, 6) is 1.19. The first-order valence-electron chi connectivity index (χ1n) is 9.13. The molecule has 0 saturated carbocycles. The molecular weight excluding hydrogens is 334 g/mol. The number of hydrogen-bond acceptors (Lipinski definition) is 2. The molecule has 4 nitrogen and oxygen atoms in total. The summed E-state index contributed by atoms with van der Waals surface area (Å²) in [5.41, 5.74) is 5.18. The van der Waals surface area contributed by atoms with Crippen molar-refractivity contribution in [2.45, 2.75) is 58.2 Å². The van der Waals surface area contributed by atoms with Crippen LogP contribution < -0.4 is 0 Å². The molecule has 132 valence electrons. The molecule has 5 heteroatoms. The van der Waals surface area contributed by atoms with Crippen LogP contribution in [0.25, 0.3) is 0 Å². The van der Waals surface area contributed by atoms with Crippen molar-refractivity contribution in [3.8, 4) is 0 Å². The molecule has 1 unspecified atom stereocenters. The number of hydrogen-bond donors (Lipinski definition) is 0. The Morgan fingerprint density at radius 1 is 1.32 bits per heavy atom. The van der Waals surface area contributed by atoms with E-state index >= 15 is 0 Å². The van der Waals surface area contributed by atoms with E-state index < -0.39 is 0 Å². The average molecular weight is 358 g/mol. The van der Waals surface area contributed by atoms with Gasteiger partial charge in [-0.2, -0.15) is 0 Å². The Hall–Kier alpha value is -1.81. The summed E-state index contributed by atoms with van der Waals surface area (Å²) in [5, 5.41) is 0. The zero-order chi connectivity index (χ0) is 17.4. The number of rotatable bonds is 4. The second-order valence-corrected chi connectivity index (χ2v) is 7.52. The third-order valence-corrected chi connectivity index (χ3v) is 5.71. The fraction of sp³-hybridized carbons (Fsp3) is 0.500. The van der Waals surface area contributed by atoms with E-state index in [0.717, 1.165) is 37.3 Å². The van der Waals surface area contributed by atoms with E-state index in [9.17, 15) is 4.79 Å². The normalized spacial score (nSPS) is 18.7. The summed E-state index contributed by atoms with van der Waals surface area (Å²) < 4.78 is 2.20. The van der Waals surface area contributed by atoms with E-state index in [1.165, 1.54) is 29.5 Å². The summed E-state index contributed by atoms with van der Waals surface area (Å²) in [4.78, 5) is 19.1.